The van der Waals surface area contributed by atoms with E-state index in [-0.39, 0.29) is 0 Å². The van der Waals surface area contributed by atoms with Crippen molar-refractivity contribution in [1.82, 2.24) is 29.8 Å². The first kappa shape index (κ1) is 17.5. The zero-order valence-corrected chi connectivity index (χ0v) is 14.8. The van der Waals surface area contributed by atoms with Crippen LogP contribution in [-0.4, -0.2) is 56.0 Å². The fourth-order valence-corrected chi connectivity index (χ4v) is 3.92. The minimum atomic E-state index is -4.39. The molecule has 2 aliphatic heterocycles. The van der Waals surface area contributed by atoms with E-state index >= 15 is 0 Å². The van der Waals surface area contributed by atoms with Gasteiger partial charge in [0.2, 0.25) is 0 Å². The summed E-state index contributed by atoms with van der Waals surface area (Å²) >= 11 is 0. The van der Waals surface area contributed by atoms with Crippen molar-refractivity contribution in [3.63, 3.8) is 0 Å². The smallest absolute Gasteiger partial charge is 0.297 e. The first-order valence-corrected chi connectivity index (χ1v) is 9.07. The molecule has 0 radical (unpaired) electrons. The van der Waals surface area contributed by atoms with E-state index in [0.717, 1.165) is 37.4 Å². The molecule has 0 fully saturated rings. The van der Waals surface area contributed by atoms with Crippen molar-refractivity contribution in [2.45, 2.75) is 45.6 Å². The number of hydrogen-bond donors (Lipinski definition) is 1. The molecule has 6 nitrogen and oxygen atoms in total. The number of H-pyrrole nitrogens is 1. The first-order chi connectivity index (χ1) is 12.5. The normalized spacial score (nSPS) is 18.8. The molecular weight excluding hydrogens is 345 g/mol. The molecule has 0 unspecified atom stereocenters. The third-order valence-electron chi connectivity index (χ3n) is 5.44. The molecule has 0 aromatic carbocycles. The monoisotopic (exact) mass is 368 g/mol. The number of hydrogen-bond acceptors (Lipinski definition) is 4. The minimum absolute atomic E-state index is 0.387. The summed E-state index contributed by atoms with van der Waals surface area (Å²) in [7, 11) is 0. The van der Waals surface area contributed by atoms with E-state index in [1.54, 1.807) is 4.68 Å². The number of aromatic nitrogens is 4. The Balaban J connectivity index is 1.52. The Morgan fingerprint density at radius 2 is 1.92 bits per heavy atom. The Hall–Kier alpha value is -1.87. The van der Waals surface area contributed by atoms with Gasteiger partial charge in [-0.1, -0.05) is 6.92 Å². The SMILES string of the molecule is CCN1CCc2c(C(F)(F)F)nn(CCN3CCc4[nH]ncc4C3)c2C1. The topological polar surface area (TPSA) is 53.0 Å². The second-order valence-electron chi connectivity index (χ2n) is 7.01. The van der Waals surface area contributed by atoms with Gasteiger partial charge in [-0.3, -0.25) is 19.6 Å². The molecule has 0 spiro atoms. The molecule has 2 aromatic heterocycles. The van der Waals surface area contributed by atoms with Crippen LogP contribution in [0.4, 0.5) is 13.2 Å². The Kier molecular flexibility index (Phi) is 4.52. The number of fused-ring (bicyclic) bond motifs is 2. The summed E-state index contributed by atoms with van der Waals surface area (Å²) in [5.41, 5.74) is 2.76. The maximum atomic E-state index is 13.4. The number of aromatic amines is 1. The summed E-state index contributed by atoms with van der Waals surface area (Å²) in [5.74, 6) is 0. The number of alkyl halides is 3. The van der Waals surface area contributed by atoms with Gasteiger partial charge in [0.1, 0.15) is 0 Å². The molecule has 0 saturated carbocycles. The number of rotatable bonds is 4. The Morgan fingerprint density at radius 3 is 2.69 bits per heavy atom. The number of nitrogens with one attached hydrogen (secondary N) is 1. The van der Waals surface area contributed by atoms with Gasteiger partial charge < -0.3 is 0 Å². The average molecular weight is 368 g/mol. The van der Waals surface area contributed by atoms with Gasteiger partial charge in [-0.25, -0.2) is 0 Å². The van der Waals surface area contributed by atoms with Crippen molar-refractivity contribution in [1.29, 1.82) is 0 Å². The van der Waals surface area contributed by atoms with Crippen LogP contribution < -0.4 is 0 Å². The van der Waals surface area contributed by atoms with Crippen molar-refractivity contribution in [2.75, 3.05) is 26.2 Å². The number of halogens is 3. The van der Waals surface area contributed by atoms with Crippen LogP contribution in [0.3, 0.4) is 0 Å². The van der Waals surface area contributed by atoms with Crippen LogP contribution in [0.2, 0.25) is 0 Å². The zero-order chi connectivity index (χ0) is 18.3. The van der Waals surface area contributed by atoms with E-state index in [1.165, 1.54) is 5.56 Å². The highest BCUT2D eigenvalue weighted by atomic mass is 19.4. The van der Waals surface area contributed by atoms with Crippen LogP contribution in [-0.2, 0) is 38.7 Å². The first-order valence-electron chi connectivity index (χ1n) is 9.07. The van der Waals surface area contributed by atoms with E-state index in [0.29, 0.717) is 38.2 Å². The highest BCUT2D eigenvalue weighted by molar-refractivity contribution is 5.31. The Labute approximate surface area is 150 Å². The lowest BCUT2D eigenvalue weighted by molar-refractivity contribution is -0.142. The largest absolute Gasteiger partial charge is 0.435 e. The maximum absolute atomic E-state index is 13.4. The van der Waals surface area contributed by atoms with Crippen LogP contribution in [0, 0.1) is 0 Å². The molecule has 4 heterocycles. The molecule has 0 amide bonds. The van der Waals surface area contributed by atoms with Crippen LogP contribution in [0.15, 0.2) is 6.20 Å². The standard InChI is InChI=1S/C17H23F3N6/c1-2-24-5-3-13-15(11-24)26(23-16(13)17(18,19)20)8-7-25-6-4-14-12(10-25)9-21-22-14/h9H,2-8,10-11H2,1H3,(H,21,22). The Bertz CT molecular complexity index is 778. The fourth-order valence-electron chi connectivity index (χ4n) is 3.92. The van der Waals surface area contributed by atoms with E-state index in [9.17, 15) is 13.2 Å². The minimum Gasteiger partial charge on any atom is -0.297 e. The molecule has 142 valence electrons. The van der Waals surface area contributed by atoms with Crippen LogP contribution in [0.5, 0.6) is 0 Å². The van der Waals surface area contributed by atoms with Gasteiger partial charge in [-0.2, -0.15) is 23.4 Å². The van der Waals surface area contributed by atoms with Gasteiger partial charge in [0.25, 0.3) is 0 Å². The molecule has 0 atom stereocenters. The van der Waals surface area contributed by atoms with Crippen LogP contribution in [0.25, 0.3) is 0 Å². The van der Waals surface area contributed by atoms with Crippen molar-refractivity contribution >= 4 is 0 Å². The number of nitrogens with zero attached hydrogens (tertiary/aromatic N) is 5. The lowest BCUT2D eigenvalue weighted by Crippen LogP contribution is -2.35. The summed E-state index contributed by atoms with van der Waals surface area (Å²) in [6.45, 7) is 6.89. The van der Waals surface area contributed by atoms with Gasteiger partial charge in [0.15, 0.2) is 5.69 Å². The zero-order valence-electron chi connectivity index (χ0n) is 14.8. The molecule has 2 aliphatic rings. The third kappa shape index (κ3) is 3.25. The summed E-state index contributed by atoms with van der Waals surface area (Å²) in [6.07, 6.45) is -1.25. The second-order valence-corrected chi connectivity index (χ2v) is 7.01. The van der Waals surface area contributed by atoms with E-state index in [1.807, 2.05) is 13.1 Å². The van der Waals surface area contributed by atoms with Gasteiger partial charge in [0, 0.05) is 56.0 Å². The number of likely N-dealkylation sites (N-methyl/N-ethyl adjacent to an activating group) is 1. The lowest BCUT2D eigenvalue weighted by Gasteiger charge is -2.28. The third-order valence-corrected chi connectivity index (χ3v) is 5.44. The summed E-state index contributed by atoms with van der Waals surface area (Å²) < 4.78 is 41.7. The molecule has 26 heavy (non-hydrogen) atoms. The van der Waals surface area contributed by atoms with Gasteiger partial charge in [-0.15, -0.1) is 0 Å². The van der Waals surface area contributed by atoms with Crippen LogP contribution >= 0.6 is 0 Å². The predicted molar refractivity (Wildman–Crippen MR) is 89.5 cm³/mol. The van der Waals surface area contributed by atoms with Crippen molar-refractivity contribution < 1.29 is 13.2 Å². The molecular formula is C17H23F3N6. The van der Waals surface area contributed by atoms with Crippen molar-refractivity contribution in [3.05, 3.63) is 34.4 Å². The van der Waals surface area contributed by atoms with Gasteiger partial charge >= 0.3 is 6.18 Å². The van der Waals surface area contributed by atoms with E-state index < -0.39 is 11.9 Å². The second kappa shape index (κ2) is 6.70. The Morgan fingerprint density at radius 1 is 1.12 bits per heavy atom. The van der Waals surface area contributed by atoms with Crippen molar-refractivity contribution in [2.24, 2.45) is 0 Å². The molecule has 4 rings (SSSR count). The van der Waals surface area contributed by atoms with E-state index in [4.69, 9.17) is 0 Å². The summed E-state index contributed by atoms with van der Waals surface area (Å²) in [6, 6.07) is 0. The maximum Gasteiger partial charge on any atom is 0.435 e. The molecule has 1 N–H and O–H groups in total. The molecule has 0 aliphatic carbocycles. The summed E-state index contributed by atoms with van der Waals surface area (Å²) in [4.78, 5) is 4.42. The van der Waals surface area contributed by atoms with Gasteiger partial charge in [-0.05, 0) is 13.0 Å². The summed E-state index contributed by atoms with van der Waals surface area (Å²) in [5, 5.41) is 11.0. The highest BCUT2D eigenvalue weighted by Crippen LogP contribution is 2.35. The fraction of sp³-hybridized carbons (Fsp3) is 0.647. The molecule has 9 heteroatoms. The van der Waals surface area contributed by atoms with Crippen LogP contribution in [0.1, 0.15) is 35.1 Å². The van der Waals surface area contributed by atoms with Crippen molar-refractivity contribution in [3.8, 4) is 0 Å². The van der Waals surface area contributed by atoms with E-state index in [2.05, 4.69) is 25.1 Å². The molecule has 0 bridgehead atoms. The predicted octanol–water partition coefficient (Wildman–Crippen LogP) is 2.06. The van der Waals surface area contributed by atoms with Gasteiger partial charge in [0.05, 0.1) is 18.4 Å². The quantitative estimate of drug-likeness (QED) is 0.898. The molecule has 2 aromatic rings. The highest BCUT2D eigenvalue weighted by Gasteiger charge is 2.40. The molecule has 0 saturated heterocycles. The lowest BCUT2D eigenvalue weighted by atomic mass is 10.0. The average Bonchev–Trinajstić information content (AvgIpc) is 3.23.